The van der Waals surface area contributed by atoms with Crippen LogP contribution in [0.25, 0.3) is 0 Å². The smallest absolute Gasteiger partial charge is 0.224 e. The van der Waals surface area contributed by atoms with Crippen molar-refractivity contribution >= 4 is 5.82 Å². The second kappa shape index (κ2) is 7.47. The molecule has 0 spiro atoms. The van der Waals surface area contributed by atoms with Crippen molar-refractivity contribution in [2.75, 3.05) is 19.0 Å². The number of hydrogen-bond donors (Lipinski definition) is 1. The van der Waals surface area contributed by atoms with E-state index in [9.17, 15) is 0 Å². The molecule has 1 aromatic heterocycles. The number of nitrogens with one attached hydrogen (secondary N) is 1. The standard InChI is InChI=1S/C16H21N3O2/c1-4-7-14-18-15(17-3)11-16(19-14)21-13-9-6-8-12(10-13)20-5-2/h6,8-11H,4-5,7H2,1-3H3,(H,17,18,19). The molecule has 0 saturated carbocycles. The maximum absolute atomic E-state index is 5.82. The second-order valence-electron chi connectivity index (χ2n) is 4.52. The van der Waals surface area contributed by atoms with E-state index in [4.69, 9.17) is 9.47 Å². The lowest BCUT2D eigenvalue weighted by Gasteiger charge is -2.10. The van der Waals surface area contributed by atoms with Crippen molar-refractivity contribution in [3.8, 4) is 17.4 Å². The molecule has 5 nitrogen and oxygen atoms in total. The van der Waals surface area contributed by atoms with Crippen LogP contribution in [0.5, 0.6) is 17.4 Å². The Kier molecular flexibility index (Phi) is 5.37. The van der Waals surface area contributed by atoms with E-state index in [2.05, 4.69) is 22.2 Å². The van der Waals surface area contributed by atoms with Crippen LogP contribution in [0.4, 0.5) is 5.82 Å². The molecular weight excluding hydrogens is 266 g/mol. The van der Waals surface area contributed by atoms with E-state index in [0.29, 0.717) is 18.2 Å². The van der Waals surface area contributed by atoms with Gasteiger partial charge in [0.15, 0.2) is 0 Å². The summed E-state index contributed by atoms with van der Waals surface area (Å²) < 4.78 is 11.3. The summed E-state index contributed by atoms with van der Waals surface area (Å²) in [6.45, 7) is 4.68. The monoisotopic (exact) mass is 287 g/mol. The van der Waals surface area contributed by atoms with Crippen LogP contribution < -0.4 is 14.8 Å². The first-order chi connectivity index (χ1) is 10.2. The maximum atomic E-state index is 5.82. The fraction of sp³-hybridized carbons (Fsp3) is 0.375. The fourth-order valence-electron chi connectivity index (χ4n) is 1.90. The topological polar surface area (TPSA) is 56.3 Å². The van der Waals surface area contributed by atoms with Gasteiger partial charge in [0.1, 0.15) is 23.1 Å². The average Bonchev–Trinajstić information content (AvgIpc) is 2.48. The Hall–Kier alpha value is -2.30. The van der Waals surface area contributed by atoms with Crippen LogP contribution in [0.3, 0.4) is 0 Å². The van der Waals surface area contributed by atoms with E-state index in [1.165, 1.54) is 0 Å². The fourth-order valence-corrected chi connectivity index (χ4v) is 1.90. The molecule has 5 heteroatoms. The van der Waals surface area contributed by atoms with Gasteiger partial charge in [0, 0.05) is 25.6 Å². The SMILES string of the molecule is CCCc1nc(NC)cc(Oc2cccc(OCC)c2)n1. The summed E-state index contributed by atoms with van der Waals surface area (Å²) in [6, 6.07) is 9.31. The molecule has 1 N–H and O–H groups in total. The molecule has 1 aromatic carbocycles. The van der Waals surface area contributed by atoms with E-state index >= 15 is 0 Å². The highest BCUT2D eigenvalue weighted by Gasteiger charge is 2.06. The molecule has 21 heavy (non-hydrogen) atoms. The highest BCUT2D eigenvalue weighted by atomic mass is 16.5. The van der Waals surface area contributed by atoms with Gasteiger partial charge in [0.2, 0.25) is 5.88 Å². The molecule has 0 aliphatic carbocycles. The van der Waals surface area contributed by atoms with Crippen LogP contribution in [0.15, 0.2) is 30.3 Å². The van der Waals surface area contributed by atoms with E-state index in [1.54, 1.807) is 6.07 Å². The van der Waals surface area contributed by atoms with Crippen LogP contribution in [0, 0.1) is 0 Å². The van der Waals surface area contributed by atoms with Crippen molar-refractivity contribution in [2.24, 2.45) is 0 Å². The molecule has 0 unspecified atom stereocenters. The molecule has 0 aliphatic heterocycles. The normalized spacial score (nSPS) is 10.2. The lowest BCUT2D eigenvalue weighted by atomic mass is 10.3. The third-order valence-corrected chi connectivity index (χ3v) is 2.82. The van der Waals surface area contributed by atoms with Gasteiger partial charge in [-0.1, -0.05) is 13.0 Å². The number of benzene rings is 1. The minimum absolute atomic E-state index is 0.534. The summed E-state index contributed by atoms with van der Waals surface area (Å²) in [5, 5.41) is 3.03. The van der Waals surface area contributed by atoms with Crippen LogP contribution in [-0.4, -0.2) is 23.6 Å². The van der Waals surface area contributed by atoms with E-state index < -0.39 is 0 Å². The molecule has 112 valence electrons. The summed E-state index contributed by atoms with van der Waals surface area (Å²) in [4.78, 5) is 8.83. The zero-order valence-electron chi connectivity index (χ0n) is 12.7. The zero-order valence-corrected chi connectivity index (χ0v) is 12.7. The van der Waals surface area contributed by atoms with Gasteiger partial charge in [-0.2, -0.15) is 4.98 Å². The van der Waals surface area contributed by atoms with Crippen molar-refractivity contribution in [2.45, 2.75) is 26.7 Å². The molecule has 0 fully saturated rings. The molecule has 0 atom stereocenters. The highest BCUT2D eigenvalue weighted by Crippen LogP contribution is 2.25. The summed E-state index contributed by atoms with van der Waals surface area (Å²) in [5.74, 6) is 3.55. The van der Waals surface area contributed by atoms with Gasteiger partial charge in [-0.05, 0) is 25.5 Å². The Labute approximate surface area is 125 Å². The first-order valence-corrected chi connectivity index (χ1v) is 7.21. The number of nitrogens with zero attached hydrogens (tertiary/aromatic N) is 2. The summed E-state index contributed by atoms with van der Waals surface area (Å²) in [6.07, 6.45) is 1.82. The Bertz CT molecular complexity index is 587. The number of ether oxygens (including phenoxy) is 2. The molecular formula is C16H21N3O2. The summed E-state index contributed by atoms with van der Waals surface area (Å²) in [5.41, 5.74) is 0. The van der Waals surface area contributed by atoms with Gasteiger partial charge < -0.3 is 14.8 Å². The van der Waals surface area contributed by atoms with Crippen molar-refractivity contribution in [1.82, 2.24) is 9.97 Å². The predicted molar refractivity (Wildman–Crippen MR) is 83.3 cm³/mol. The lowest BCUT2D eigenvalue weighted by molar-refractivity contribution is 0.338. The van der Waals surface area contributed by atoms with E-state index in [1.807, 2.05) is 38.2 Å². The minimum Gasteiger partial charge on any atom is -0.494 e. The molecule has 0 saturated heterocycles. The Morgan fingerprint density at radius 3 is 2.62 bits per heavy atom. The Morgan fingerprint density at radius 1 is 1.10 bits per heavy atom. The Morgan fingerprint density at radius 2 is 1.90 bits per heavy atom. The van der Waals surface area contributed by atoms with Crippen molar-refractivity contribution in [1.29, 1.82) is 0 Å². The quantitative estimate of drug-likeness (QED) is 0.842. The Balaban J connectivity index is 2.21. The third-order valence-electron chi connectivity index (χ3n) is 2.82. The van der Waals surface area contributed by atoms with E-state index in [0.717, 1.165) is 30.2 Å². The van der Waals surface area contributed by atoms with Gasteiger partial charge >= 0.3 is 0 Å². The maximum Gasteiger partial charge on any atom is 0.224 e. The largest absolute Gasteiger partial charge is 0.494 e. The van der Waals surface area contributed by atoms with Crippen molar-refractivity contribution in [3.63, 3.8) is 0 Å². The first kappa shape index (κ1) is 15.1. The van der Waals surface area contributed by atoms with E-state index in [-0.39, 0.29) is 0 Å². The van der Waals surface area contributed by atoms with Gasteiger partial charge in [0.05, 0.1) is 6.61 Å². The number of rotatable bonds is 7. The zero-order chi connectivity index (χ0) is 15.1. The minimum atomic E-state index is 0.534. The van der Waals surface area contributed by atoms with Crippen LogP contribution in [0.2, 0.25) is 0 Å². The predicted octanol–water partition coefficient (Wildman–Crippen LogP) is 3.66. The van der Waals surface area contributed by atoms with Crippen LogP contribution in [0.1, 0.15) is 26.1 Å². The number of aryl methyl sites for hydroxylation is 1. The summed E-state index contributed by atoms with van der Waals surface area (Å²) >= 11 is 0. The molecule has 0 bridgehead atoms. The van der Waals surface area contributed by atoms with Gasteiger partial charge in [0.25, 0.3) is 0 Å². The highest BCUT2D eigenvalue weighted by molar-refractivity contribution is 5.40. The molecule has 0 amide bonds. The van der Waals surface area contributed by atoms with Gasteiger partial charge in [-0.25, -0.2) is 4.98 Å². The summed E-state index contributed by atoms with van der Waals surface area (Å²) in [7, 11) is 1.83. The van der Waals surface area contributed by atoms with Gasteiger partial charge in [-0.15, -0.1) is 0 Å². The molecule has 2 aromatic rings. The number of aromatic nitrogens is 2. The second-order valence-corrected chi connectivity index (χ2v) is 4.52. The van der Waals surface area contributed by atoms with Crippen LogP contribution >= 0.6 is 0 Å². The van der Waals surface area contributed by atoms with Crippen molar-refractivity contribution in [3.05, 3.63) is 36.2 Å². The molecule has 0 aliphatic rings. The molecule has 0 radical (unpaired) electrons. The van der Waals surface area contributed by atoms with Crippen LogP contribution in [-0.2, 0) is 6.42 Å². The number of anilines is 1. The first-order valence-electron chi connectivity index (χ1n) is 7.21. The third kappa shape index (κ3) is 4.34. The van der Waals surface area contributed by atoms with Gasteiger partial charge in [-0.3, -0.25) is 0 Å². The lowest BCUT2D eigenvalue weighted by Crippen LogP contribution is -2.02. The average molecular weight is 287 g/mol. The van der Waals surface area contributed by atoms with Crippen molar-refractivity contribution < 1.29 is 9.47 Å². The molecule has 1 heterocycles. The number of hydrogen-bond acceptors (Lipinski definition) is 5. The molecule has 2 rings (SSSR count).